The molecule has 0 saturated carbocycles. The van der Waals surface area contributed by atoms with Gasteiger partial charge in [0.1, 0.15) is 23.4 Å². The predicted octanol–water partition coefficient (Wildman–Crippen LogP) is -0.207. The number of aliphatic hydroxyl groups is 4. The molecule has 1 aliphatic heterocycles. The maximum Gasteiger partial charge on any atom is 0.202 e. The van der Waals surface area contributed by atoms with Crippen molar-refractivity contribution >= 4 is 11.6 Å². The molecule has 12 heteroatoms. The van der Waals surface area contributed by atoms with Crippen LogP contribution in [-0.2, 0) is 15.9 Å². The molecule has 12 nitrogen and oxygen atoms in total. The smallest absolute Gasteiger partial charge is 0.202 e. The van der Waals surface area contributed by atoms with Crippen molar-refractivity contribution in [1.29, 1.82) is 0 Å². The molecule has 210 valence electrons. The predicted molar refractivity (Wildman–Crippen MR) is 133 cm³/mol. The van der Waals surface area contributed by atoms with Crippen LogP contribution in [0.1, 0.15) is 68.8 Å². The minimum Gasteiger partial charge on any atom is -0.507 e. The normalized spacial score (nSPS) is 30.8. The third-order valence-corrected chi connectivity index (χ3v) is 7.97. The van der Waals surface area contributed by atoms with Crippen LogP contribution in [0.25, 0.3) is 0 Å². The SMILES string of the molecule is COc1cccc2c1C(=O)c1c(O)c3c(c(O)c1C2=O)C[C@@](O)(C(O)CO)C[C@@H]3O[C@H]1C[C@H](N)[C@H](O)[C@H](C)O1. The second-order valence-corrected chi connectivity index (χ2v) is 10.3. The highest BCUT2D eigenvalue weighted by atomic mass is 16.7. The van der Waals surface area contributed by atoms with Gasteiger partial charge in [-0.3, -0.25) is 9.59 Å². The molecule has 2 aliphatic carbocycles. The van der Waals surface area contributed by atoms with Crippen molar-refractivity contribution in [1.82, 2.24) is 0 Å². The average Bonchev–Trinajstić information content (AvgIpc) is 2.90. The van der Waals surface area contributed by atoms with Gasteiger partial charge >= 0.3 is 0 Å². The van der Waals surface area contributed by atoms with Gasteiger partial charge in [0.05, 0.1) is 54.3 Å². The Bertz CT molecular complexity index is 1330. The standard InChI is InChI=1S/C27H31NO11/c1-10-22(31)13(28)6-17(38-10)39-15-8-27(36,16(30)9-29)7-12-19(15)26(35)21-20(24(12)33)23(32)11-4-3-5-14(37-2)18(11)25(21)34/h3-5,10,13,15-17,22,29-31,33,35-36H,6-9,28H2,1-2H3/t10-,13-,15-,16?,17-,22+,27-/m0/s1. The molecule has 1 heterocycles. The van der Waals surface area contributed by atoms with Gasteiger partial charge in [-0.05, 0) is 13.0 Å². The van der Waals surface area contributed by atoms with Crippen molar-refractivity contribution in [3.63, 3.8) is 0 Å². The average molecular weight is 546 g/mol. The van der Waals surface area contributed by atoms with Crippen molar-refractivity contribution in [2.45, 2.75) is 68.5 Å². The Balaban J connectivity index is 1.68. The molecule has 2 aromatic rings. The van der Waals surface area contributed by atoms with E-state index in [1.807, 2.05) is 0 Å². The minimum atomic E-state index is -2.05. The fourth-order valence-electron chi connectivity index (χ4n) is 5.84. The molecule has 2 aromatic carbocycles. The first kappa shape index (κ1) is 27.5. The number of fused-ring (bicyclic) bond motifs is 3. The van der Waals surface area contributed by atoms with Crippen molar-refractivity contribution < 1.29 is 54.4 Å². The zero-order valence-corrected chi connectivity index (χ0v) is 21.3. The van der Waals surface area contributed by atoms with Crippen molar-refractivity contribution in [2.75, 3.05) is 13.7 Å². The largest absolute Gasteiger partial charge is 0.507 e. The molecule has 5 rings (SSSR count). The van der Waals surface area contributed by atoms with E-state index >= 15 is 0 Å². The Morgan fingerprint density at radius 1 is 1.15 bits per heavy atom. The number of hydrogen-bond donors (Lipinski definition) is 7. The van der Waals surface area contributed by atoms with Crippen LogP contribution in [0.15, 0.2) is 18.2 Å². The summed E-state index contributed by atoms with van der Waals surface area (Å²) in [4.78, 5) is 27.2. The maximum absolute atomic E-state index is 13.7. The van der Waals surface area contributed by atoms with Crippen molar-refractivity contribution in [3.05, 3.63) is 51.6 Å². The van der Waals surface area contributed by atoms with Crippen LogP contribution in [-0.4, -0.2) is 92.2 Å². The molecule has 39 heavy (non-hydrogen) atoms. The summed E-state index contributed by atoms with van der Waals surface area (Å²) in [6.45, 7) is 0.768. The number of rotatable bonds is 5. The first-order valence-electron chi connectivity index (χ1n) is 12.6. The van der Waals surface area contributed by atoms with Gasteiger partial charge in [-0.1, -0.05) is 12.1 Å². The number of hydrogen-bond acceptors (Lipinski definition) is 12. The lowest BCUT2D eigenvalue weighted by Crippen LogP contribution is -2.53. The van der Waals surface area contributed by atoms with Gasteiger partial charge in [-0.2, -0.15) is 0 Å². The van der Waals surface area contributed by atoms with Crippen LogP contribution < -0.4 is 10.5 Å². The van der Waals surface area contributed by atoms with E-state index in [1.54, 1.807) is 6.92 Å². The molecular weight excluding hydrogens is 514 g/mol. The van der Waals surface area contributed by atoms with Gasteiger partial charge in [-0.15, -0.1) is 0 Å². The number of methoxy groups -OCH3 is 1. The van der Waals surface area contributed by atoms with Crippen LogP contribution in [0.4, 0.5) is 0 Å². The summed E-state index contributed by atoms with van der Waals surface area (Å²) in [5, 5.41) is 64.4. The van der Waals surface area contributed by atoms with E-state index in [9.17, 15) is 40.2 Å². The number of aromatic hydroxyl groups is 2. The Morgan fingerprint density at radius 2 is 1.85 bits per heavy atom. The molecule has 0 bridgehead atoms. The van der Waals surface area contributed by atoms with E-state index in [-0.39, 0.29) is 40.8 Å². The lowest BCUT2D eigenvalue weighted by Gasteiger charge is -2.44. The van der Waals surface area contributed by atoms with Crippen LogP contribution in [0, 0.1) is 0 Å². The highest BCUT2D eigenvalue weighted by molar-refractivity contribution is 6.31. The lowest BCUT2D eigenvalue weighted by molar-refractivity contribution is -0.251. The van der Waals surface area contributed by atoms with E-state index in [1.165, 1.54) is 25.3 Å². The van der Waals surface area contributed by atoms with Gasteiger partial charge in [0.25, 0.3) is 0 Å². The number of carbonyl (C=O) groups excluding carboxylic acids is 2. The number of phenols is 2. The topological polar surface area (TPSA) is 209 Å². The van der Waals surface area contributed by atoms with Gasteiger partial charge in [-0.25, -0.2) is 0 Å². The second-order valence-electron chi connectivity index (χ2n) is 10.3. The second kappa shape index (κ2) is 9.82. The summed E-state index contributed by atoms with van der Waals surface area (Å²) in [7, 11) is 1.33. The molecule has 1 unspecified atom stereocenters. The van der Waals surface area contributed by atoms with E-state index in [4.69, 9.17) is 19.9 Å². The molecule has 0 radical (unpaired) electrons. The maximum atomic E-state index is 13.7. The first-order chi connectivity index (χ1) is 18.4. The summed E-state index contributed by atoms with van der Waals surface area (Å²) in [6.07, 6.45) is -6.45. The lowest BCUT2D eigenvalue weighted by atomic mass is 9.71. The van der Waals surface area contributed by atoms with E-state index in [0.29, 0.717) is 0 Å². The van der Waals surface area contributed by atoms with Gasteiger partial charge in [0.15, 0.2) is 12.1 Å². The van der Waals surface area contributed by atoms with Gasteiger partial charge < -0.3 is 50.6 Å². The molecule has 0 spiro atoms. The van der Waals surface area contributed by atoms with E-state index in [0.717, 1.165) is 0 Å². The summed E-state index contributed by atoms with van der Waals surface area (Å²) < 4.78 is 17.1. The van der Waals surface area contributed by atoms with E-state index < -0.39 is 89.6 Å². The molecule has 1 saturated heterocycles. The monoisotopic (exact) mass is 545 g/mol. The summed E-state index contributed by atoms with van der Waals surface area (Å²) in [5.74, 6) is -2.68. The summed E-state index contributed by atoms with van der Waals surface area (Å²) in [6, 6.07) is 3.69. The van der Waals surface area contributed by atoms with Crippen molar-refractivity contribution in [3.8, 4) is 17.2 Å². The molecule has 7 atom stereocenters. The fourth-order valence-corrected chi connectivity index (χ4v) is 5.84. The van der Waals surface area contributed by atoms with Gasteiger partial charge in [0, 0.05) is 42.0 Å². The quantitative estimate of drug-likeness (QED) is 0.208. The highest BCUT2D eigenvalue weighted by Crippen LogP contribution is 2.52. The first-order valence-corrected chi connectivity index (χ1v) is 12.6. The van der Waals surface area contributed by atoms with Crippen LogP contribution >= 0.6 is 0 Å². The van der Waals surface area contributed by atoms with E-state index in [2.05, 4.69) is 0 Å². The Hall–Kier alpha value is -3.10. The number of carbonyl (C=O) groups is 2. The number of benzene rings is 2. The molecule has 3 aliphatic rings. The third-order valence-electron chi connectivity index (χ3n) is 7.97. The Kier molecular flexibility index (Phi) is 6.92. The van der Waals surface area contributed by atoms with Gasteiger partial charge in [0.2, 0.25) is 5.78 Å². The highest BCUT2D eigenvalue weighted by Gasteiger charge is 2.50. The summed E-state index contributed by atoms with van der Waals surface area (Å²) in [5.41, 5.74) is 2.77. The fraction of sp³-hybridized carbons (Fsp3) is 0.481. The molecule has 1 fully saturated rings. The number of ketones is 2. The number of nitrogens with two attached hydrogens (primary N) is 1. The zero-order chi connectivity index (χ0) is 28.4. The third kappa shape index (κ3) is 4.19. The zero-order valence-electron chi connectivity index (χ0n) is 21.3. The number of phenolic OH excluding ortho intramolecular Hbond substituents is 2. The Morgan fingerprint density at radius 3 is 2.49 bits per heavy atom. The minimum absolute atomic E-state index is 0.0343. The summed E-state index contributed by atoms with van der Waals surface area (Å²) >= 11 is 0. The van der Waals surface area contributed by atoms with Crippen LogP contribution in [0.2, 0.25) is 0 Å². The molecule has 8 N–H and O–H groups in total. The molecular formula is C27H31NO11. The van der Waals surface area contributed by atoms with Crippen LogP contribution in [0.3, 0.4) is 0 Å². The molecule has 0 aromatic heterocycles. The van der Waals surface area contributed by atoms with Crippen molar-refractivity contribution in [2.24, 2.45) is 5.73 Å². The Labute approximate surface area is 223 Å². The number of ether oxygens (including phenoxy) is 3. The number of aliphatic hydroxyl groups excluding tert-OH is 3. The van der Waals surface area contributed by atoms with Crippen LogP contribution in [0.5, 0.6) is 17.2 Å². The molecule has 0 amide bonds.